The summed E-state index contributed by atoms with van der Waals surface area (Å²) in [5.74, 6) is 0.467. The number of carbonyl (C=O) groups is 1. The fraction of sp³-hybridized carbons (Fsp3) is 0.130. The van der Waals surface area contributed by atoms with E-state index >= 15 is 0 Å². The van der Waals surface area contributed by atoms with Crippen molar-refractivity contribution in [1.29, 1.82) is 0 Å². The second kappa shape index (κ2) is 6.63. The third-order valence-corrected chi connectivity index (χ3v) is 5.89. The van der Waals surface area contributed by atoms with Crippen molar-refractivity contribution in [3.63, 3.8) is 0 Å². The van der Waals surface area contributed by atoms with Crippen LogP contribution < -0.4 is 5.32 Å². The van der Waals surface area contributed by atoms with Crippen molar-refractivity contribution in [1.82, 2.24) is 4.98 Å². The van der Waals surface area contributed by atoms with Gasteiger partial charge in [0.2, 0.25) is 5.91 Å². The highest BCUT2D eigenvalue weighted by molar-refractivity contribution is 7.14. The summed E-state index contributed by atoms with van der Waals surface area (Å²) >= 11 is 1.48. The van der Waals surface area contributed by atoms with E-state index in [1.54, 1.807) is 0 Å². The van der Waals surface area contributed by atoms with E-state index in [9.17, 15) is 4.79 Å². The second-order valence-electron chi connectivity index (χ2n) is 6.95. The molecule has 1 N–H and O–H groups in total. The molecule has 1 aliphatic rings. The van der Waals surface area contributed by atoms with E-state index in [2.05, 4.69) is 52.8 Å². The van der Waals surface area contributed by atoms with Crippen molar-refractivity contribution < 1.29 is 4.79 Å². The molecule has 4 aromatic rings. The van der Waals surface area contributed by atoms with Crippen LogP contribution in [0.1, 0.15) is 17.9 Å². The maximum Gasteiger partial charge on any atom is 0.229 e. The first-order valence-electron chi connectivity index (χ1n) is 9.08. The van der Waals surface area contributed by atoms with E-state index in [-0.39, 0.29) is 11.8 Å². The number of fused-ring (bicyclic) bond motifs is 1. The molecule has 1 heterocycles. The molecular formula is C23H18N2OS. The molecule has 0 unspecified atom stereocenters. The van der Waals surface area contributed by atoms with Gasteiger partial charge in [0.05, 0.1) is 5.69 Å². The van der Waals surface area contributed by atoms with Crippen LogP contribution in [0.5, 0.6) is 0 Å². The zero-order valence-electron chi connectivity index (χ0n) is 14.6. The molecule has 27 heavy (non-hydrogen) atoms. The molecule has 0 spiro atoms. The van der Waals surface area contributed by atoms with Crippen LogP contribution in [0.25, 0.3) is 22.0 Å². The Hall–Kier alpha value is -2.98. The monoisotopic (exact) mass is 370 g/mol. The largest absolute Gasteiger partial charge is 0.302 e. The van der Waals surface area contributed by atoms with Crippen LogP contribution in [0, 0.1) is 5.92 Å². The predicted molar refractivity (Wildman–Crippen MR) is 111 cm³/mol. The summed E-state index contributed by atoms with van der Waals surface area (Å²) < 4.78 is 0. The van der Waals surface area contributed by atoms with Gasteiger partial charge in [0, 0.05) is 16.9 Å². The van der Waals surface area contributed by atoms with E-state index in [1.165, 1.54) is 27.7 Å². The van der Waals surface area contributed by atoms with Crippen LogP contribution >= 0.6 is 11.3 Å². The van der Waals surface area contributed by atoms with E-state index in [4.69, 9.17) is 0 Å². The topological polar surface area (TPSA) is 42.0 Å². The lowest BCUT2D eigenvalue weighted by Gasteiger charge is -2.02. The first kappa shape index (κ1) is 16.2. The minimum atomic E-state index is 0.0559. The zero-order valence-corrected chi connectivity index (χ0v) is 15.4. The van der Waals surface area contributed by atoms with Crippen LogP contribution in [0.2, 0.25) is 0 Å². The first-order valence-corrected chi connectivity index (χ1v) is 9.96. The number of carbonyl (C=O) groups excluding carboxylic acids is 1. The van der Waals surface area contributed by atoms with Crippen LogP contribution in [-0.2, 0) is 4.79 Å². The van der Waals surface area contributed by atoms with Crippen molar-refractivity contribution >= 4 is 33.1 Å². The third kappa shape index (κ3) is 3.24. The third-order valence-electron chi connectivity index (χ3n) is 5.13. The van der Waals surface area contributed by atoms with Gasteiger partial charge in [-0.05, 0) is 34.7 Å². The molecule has 0 radical (unpaired) electrons. The molecule has 1 aromatic heterocycles. The minimum absolute atomic E-state index is 0.0559. The Morgan fingerprint density at radius 3 is 2.59 bits per heavy atom. The van der Waals surface area contributed by atoms with Crippen molar-refractivity contribution in [2.75, 3.05) is 5.32 Å². The summed E-state index contributed by atoms with van der Waals surface area (Å²) in [5.41, 5.74) is 3.21. The van der Waals surface area contributed by atoms with Gasteiger partial charge in [-0.15, -0.1) is 11.3 Å². The highest BCUT2D eigenvalue weighted by Gasteiger charge is 2.44. The van der Waals surface area contributed by atoms with Gasteiger partial charge in [0.1, 0.15) is 0 Å². The summed E-state index contributed by atoms with van der Waals surface area (Å²) in [7, 11) is 0. The Kier molecular flexibility index (Phi) is 3.98. The molecule has 5 rings (SSSR count). The summed E-state index contributed by atoms with van der Waals surface area (Å²) in [6.45, 7) is 0. The summed E-state index contributed by atoms with van der Waals surface area (Å²) in [5, 5.41) is 8.07. The Balaban J connectivity index is 1.30. The van der Waals surface area contributed by atoms with Gasteiger partial charge in [-0.3, -0.25) is 4.79 Å². The van der Waals surface area contributed by atoms with Crippen LogP contribution in [0.3, 0.4) is 0 Å². The standard InChI is InChI=1S/C23H18N2OS/c26-22(20-13-19(20)16-7-2-1-3-8-16)25-23-24-21(14-27-23)18-11-10-15-6-4-5-9-17(15)12-18/h1-12,14,19-20H,13H2,(H,24,25,26)/t19-,20-/m0/s1. The lowest BCUT2D eigenvalue weighted by atomic mass is 10.1. The number of rotatable bonds is 4. The van der Waals surface area contributed by atoms with E-state index < -0.39 is 0 Å². The Morgan fingerprint density at radius 2 is 1.74 bits per heavy atom. The highest BCUT2D eigenvalue weighted by Crippen LogP contribution is 2.48. The average molecular weight is 370 g/mol. The lowest BCUT2D eigenvalue weighted by molar-refractivity contribution is -0.117. The number of hydrogen-bond donors (Lipinski definition) is 1. The Morgan fingerprint density at radius 1 is 0.963 bits per heavy atom. The molecule has 0 bridgehead atoms. The van der Waals surface area contributed by atoms with Crippen molar-refractivity contribution in [2.24, 2.45) is 5.92 Å². The molecule has 1 aliphatic carbocycles. The average Bonchev–Trinajstić information content (AvgIpc) is 3.40. The Labute approximate surface area is 161 Å². The predicted octanol–water partition coefficient (Wildman–Crippen LogP) is 5.71. The number of benzene rings is 3. The van der Waals surface area contributed by atoms with Crippen LogP contribution in [-0.4, -0.2) is 10.9 Å². The maximum absolute atomic E-state index is 12.5. The van der Waals surface area contributed by atoms with E-state index in [0.29, 0.717) is 11.0 Å². The minimum Gasteiger partial charge on any atom is -0.302 e. The number of hydrogen-bond acceptors (Lipinski definition) is 3. The molecule has 3 aromatic carbocycles. The first-order chi connectivity index (χ1) is 13.3. The summed E-state index contributed by atoms with van der Waals surface area (Å²) in [4.78, 5) is 17.2. The number of thiazole rings is 1. The summed E-state index contributed by atoms with van der Waals surface area (Å²) in [6, 6.07) is 24.9. The van der Waals surface area contributed by atoms with Crippen molar-refractivity contribution in [2.45, 2.75) is 12.3 Å². The maximum atomic E-state index is 12.5. The number of nitrogens with zero attached hydrogens (tertiary/aromatic N) is 1. The van der Waals surface area contributed by atoms with E-state index in [0.717, 1.165) is 17.7 Å². The van der Waals surface area contributed by atoms with Crippen molar-refractivity contribution in [3.05, 3.63) is 83.7 Å². The van der Waals surface area contributed by atoms with Gasteiger partial charge in [-0.25, -0.2) is 4.98 Å². The normalized spacial score (nSPS) is 18.4. The number of nitrogens with one attached hydrogen (secondary N) is 1. The van der Waals surface area contributed by atoms with Gasteiger partial charge >= 0.3 is 0 Å². The molecule has 1 fully saturated rings. The molecule has 0 saturated heterocycles. The smallest absolute Gasteiger partial charge is 0.229 e. The summed E-state index contributed by atoms with van der Waals surface area (Å²) in [6.07, 6.45) is 0.915. The van der Waals surface area contributed by atoms with Gasteiger partial charge < -0.3 is 5.32 Å². The Bertz CT molecular complexity index is 1120. The van der Waals surface area contributed by atoms with Gasteiger partial charge in [0.25, 0.3) is 0 Å². The molecule has 0 aliphatic heterocycles. The zero-order chi connectivity index (χ0) is 18.2. The van der Waals surface area contributed by atoms with Crippen LogP contribution in [0.15, 0.2) is 78.2 Å². The fourth-order valence-electron chi connectivity index (χ4n) is 3.56. The fourth-order valence-corrected chi connectivity index (χ4v) is 4.29. The van der Waals surface area contributed by atoms with Crippen LogP contribution in [0.4, 0.5) is 5.13 Å². The molecule has 4 heteroatoms. The molecule has 2 atom stereocenters. The highest BCUT2D eigenvalue weighted by atomic mass is 32.1. The van der Waals surface area contributed by atoms with Gasteiger partial charge in [-0.1, -0.05) is 66.7 Å². The lowest BCUT2D eigenvalue weighted by Crippen LogP contribution is -2.14. The molecular weight excluding hydrogens is 352 g/mol. The molecule has 1 amide bonds. The SMILES string of the molecule is O=C(Nc1nc(-c2ccc3ccccc3c2)cs1)[C@H]1C[C@H]1c1ccccc1. The van der Waals surface area contributed by atoms with Gasteiger partial charge in [-0.2, -0.15) is 0 Å². The number of anilines is 1. The quantitative estimate of drug-likeness (QED) is 0.500. The molecule has 1 saturated carbocycles. The molecule has 3 nitrogen and oxygen atoms in total. The number of amides is 1. The molecule has 132 valence electrons. The van der Waals surface area contributed by atoms with E-state index in [1.807, 2.05) is 35.7 Å². The van der Waals surface area contributed by atoms with Crippen molar-refractivity contribution in [3.8, 4) is 11.3 Å². The number of aromatic nitrogens is 1. The second-order valence-corrected chi connectivity index (χ2v) is 7.81. The van der Waals surface area contributed by atoms with Gasteiger partial charge in [0.15, 0.2) is 5.13 Å².